The summed E-state index contributed by atoms with van der Waals surface area (Å²) >= 11 is 6.10. The number of hydrogen-bond acceptors (Lipinski definition) is 3. The Labute approximate surface area is 158 Å². The van der Waals surface area contributed by atoms with Crippen LogP contribution in [0, 0.1) is 0 Å². The Bertz CT molecular complexity index is 793. The summed E-state index contributed by atoms with van der Waals surface area (Å²) in [4.78, 5) is 20.0. The molecule has 140 valence electrons. The summed E-state index contributed by atoms with van der Waals surface area (Å²) in [5, 5.41) is 4.88. The molecule has 2 aliphatic rings. The van der Waals surface area contributed by atoms with E-state index in [1.807, 2.05) is 36.3 Å². The Balaban J connectivity index is 1.32. The van der Waals surface area contributed by atoms with Crippen molar-refractivity contribution in [2.24, 2.45) is 0 Å². The van der Waals surface area contributed by atoms with Crippen molar-refractivity contribution >= 4 is 28.5 Å². The largest absolute Gasteiger partial charge is 0.373 e. The van der Waals surface area contributed by atoms with E-state index in [-0.39, 0.29) is 18.2 Å². The third-order valence-electron chi connectivity index (χ3n) is 5.57. The second-order valence-electron chi connectivity index (χ2n) is 7.16. The van der Waals surface area contributed by atoms with Gasteiger partial charge in [0.15, 0.2) is 0 Å². The first-order valence-corrected chi connectivity index (χ1v) is 9.60. The molecule has 4 rings (SSSR count). The molecule has 0 radical (unpaired) electrons. The lowest BCUT2D eigenvalue weighted by molar-refractivity contribution is -0.0884. The highest BCUT2D eigenvalue weighted by Crippen LogP contribution is 2.23. The van der Waals surface area contributed by atoms with Crippen LogP contribution in [0.5, 0.6) is 0 Å². The smallest absolute Gasteiger partial charge is 0.317 e. The molecule has 6 nitrogen and oxygen atoms in total. The van der Waals surface area contributed by atoms with E-state index in [9.17, 15) is 4.79 Å². The van der Waals surface area contributed by atoms with Gasteiger partial charge in [0.2, 0.25) is 0 Å². The monoisotopic (exact) mass is 376 g/mol. The number of amides is 2. The fourth-order valence-corrected chi connectivity index (χ4v) is 4.22. The first kappa shape index (κ1) is 17.6. The van der Waals surface area contributed by atoms with Crippen LogP contribution >= 0.6 is 11.6 Å². The van der Waals surface area contributed by atoms with Gasteiger partial charge in [0.25, 0.3) is 0 Å². The van der Waals surface area contributed by atoms with Crippen molar-refractivity contribution in [3.8, 4) is 0 Å². The quantitative estimate of drug-likeness (QED) is 0.861. The molecule has 2 aromatic rings. The Morgan fingerprint density at radius 2 is 2.35 bits per heavy atom. The van der Waals surface area contributed by atoms with E-state index in [0.717, 1.165) is 60.6 Å². The molecule has 0 aliphatic carbocycles. The molecule has 0 saturated carbocycles. The fourth-order valence-electron chi connectivity index (χ4n) is 4.05. The van der Waals surface area contributed by atoms with Crippen molar-refractivity contribution in [2.75, 3.05) is 39.8 Å². The molecule has 3 heterocycles. The molecule has 0 spiro atoms. The topological polar surface area (TPSA) is 60.6 Å². The number of urea groups is 1. The third kappa shape index (κ3) is 3.54. The number of carbonyl (C=O) groups excluding carboxylic acids is 1. The van der Waals surface area contributed by atoms with Gasteiger partial charge >= 0.3 is 6.03 Å². The van der Waals surface area contributed by atoms with Crippen molar-refractivity contribution in [1.82, 2.24) is 20.1 Å². The first-order chi connectivity index (χ1) is 12.6. The zero-order valence-electron chi connectivity index (χ0n) is 15.0. The van der Waals surface area contributed by atoms with Crippen molar-refractivity contribution < 1.29 is 9.53 Å². The van der Waals surface area contributed by atoms with Crippen LogP contribution in [0.25, 0.3) is 10.9 Å². The van der Waals surface area contributed by atoms with Gasteiger partial charge in [0, 0.05) is 55.3 Å². The maximum Gasteiger partial charge on any atom is 0.317 e. The number of aromatic nitrogens is 1. The predicted molar refractivity (Wildman–Crippen MR) is 103 cm³/mol. The Morgan fingerprint density at radius 1 is 1.46 bits per heavy atom. The average molecular weight is 377 g/mol. The molecular formula is C19H25ClN4O2. The zero-order valence-corrected chi connectivity index (χ0v) is 15.8. The summed E-state index contributed by atoms with van der Waals surface area (Å²) in [5.41, 5.74) is 2.23. The minimum atomic E-state index is -0.0319. The van der Waals surface area contributed by atoms with E-state index in [0.29, 0.717) is 6.54 Å². The van der Waals surface area contributed by atoms with Crippen LogP contribution in [0.1, 0.15) is 12.0 Å². The molecule has 2 aliphatic heterocycles. The molecule has 1 aromatic heterocycles. The van der Waals surface area contributed by atoms with E-state index in [1.54, 1.807) is 0 Å². The lowest BCUT2D eigenvalue weighted by atomic mass is 9.99. The number of nitrogens with one attached hydrogen (secondary N) is 2. The summed E-state index contributed by atoms with van der Waals surface area (Å²) in [6, 6.07) is 5.93. The number of halogens is 1. The van der Waals surface area contributed by atoms with Gasteiger partial charge in [0.1, 0.15) is 0 Å². The average Bonchev–Trinajstić information content (AvgIpc) is 3.04. The molecule has 2 bridgehead atoms. The number of likely N-dealkylation sites (N-methyl/N-ethyl adjacent to an activating group) is 1. The highest BCUT2D eigenvalue weighted by Gasteiger charge is 2.36. The highest BCUT2D eigenvalue weighted by atomic mass is 35.5. The van der Waals surface area contributed by atoms with Crippen LogP contribution in [0.2, 0.25) is 5.02 Å². The normalized spacial score (nSPS) is 25.2. The van der Waals surface area contributed by atoms with Gasteiger partial charge in [-0.1, -0.05) is 11.6 Å². The number of H-pyrrole nitrogens is 1. The summed E-state index contributed by atoms with van der Waals surface area (Å²) in [6.07, 6.45) is 3.85. The molecule has 3 atom stereocenters. The van der Waals surface area contributed by atoms with Crippen molar-refractivity contribution in [3.63, 3.8) is 0 Å². The van der Waals surface area contributed by atoms with Crippen LogP contribution in [-0.4, -0.2) is 72.8 Å². The van der Waals surface area contributed by atoms with Crippen molar-refractivity contribution in [3.05, 3.63) is 35.0 Å². The highest BCUT2D eigenvalue weighted by molar-refractivity contribution is 6.31. The Hall–Kier alpha value is -1.76. The predicted octanol–water partition coefficient (Wildman–Crippen LogP) is 2.48. The number of fused-ring (bicyclic) bond motifs is 3. The second kappa shape index (κ2) is 7.47. The fraction of sp³-hybridized carbons (Fsp3) is 0.526. The summed E-state index contributed by atoms with van der Waals surface area (Å²) in [5.74, 6) is 0. The number of piperidine rings is 1. The van der Waals surface area contributed by atoms with Gasteiger partial charge in [-0.05, 0) is 36.6 Å². The minimum Gasteiger partial charge on any atom is -0.373 e. The van der Waals surface area contributed by atoms with Crippen LogP contribution in [-0.2, 0) is 11.2 Å². The lowest BCUT2D eigenvalue weighted by Gasteiger charge is -2.45. The molecule has 1 aromatic carbocycles. The SMILES string of the molecule is CN(C(=O)NCCc1c[nH]c2ccc(Cl)cc12)C1CCN2CCOC1C2. The maximum atomic E-state index is 12.6. The van der Waals surface area contributed by atoms with E-state index < -0.39 is 0 Å². The Kier molecular flexibility index (Phi) is 5.07. The number of benzene rings is 1. The first-order valence-electron chi connectivity index (χ1n) is 9.22. The zero-order chi connectivity index (χ0) is 18.1. The van der Waals surface area contributed by atoms with Gasteiger partial charge in [-0.3, -0.25) is 4.90 Å². The molecule has 26 heavy (non-hydrogen) atoms. The standard InChI is InChI=1S/C19H25ClN4O2/c1-23(17-5-7-24-8-9-26-18(17)12-24)19(25)21-6-4-13-11-22-16-3-2-14(20)10-15(13)16/h2-3,10-11,17-18,22H,4-9,12H2,1H3,(H,21,25). The molecule has 2 fully saturated rings. The summed E-state index contributed by atoms with van der Waals surface area (Å²) in [7, 11) is 1.87. The minimum absolute atomic E-state index is 0.0319. The van der Waals surface area contributed by atoms with Crippen LogP contribution in [0.4, 0.5) is 4.79 Å². The van der Waals surface area contributed by atoms with Gasteiger partial charge < -0.3 is 19.9 Å². The van der Waals surface area contributed by atoms with Crippen LogP contribution < -0.4 is 5.32 Å². The van der Waals surface area contributed by atoms with Crippen molar-refractivity contribution in [1.29, 1.82) is 0 Å². The maximum absolute atomic E-state index is 12.6. The summed E-state index contributed by atoms with van der Waals surface area (Å²) < 4.78 is 5.88. The van der Waals surface area contributed by atoms with Crippen LogP contribution in [0.3, 0.4) is 0 Å². The van der Waals surface area contributed by atoms with E-state index in [1.165, 1.54) is 0 Å². The number of morpholine rings is 1. The summed E-state index contributed by atoms with van der Waals surface area (Å²) in [6.45, 7) is 4.33. The Morgan fingerprint density at radius 3 is 3.23 bits per heavy atom. The van der Waals surface area contributed by atoms with Gasteiger partial charge in [0.05, 0.1) is 18.8 Å². The molecule has 7 heteroatoms. The molecule has 2 N–H and O–H groups in total. The van der Waals surface area contributed by atoms with E-state index in [4.69, 9.17) is 16.3 Å². The number of carbonyl (C=O) groups is 1. The van der Waals surface area contributed by atoms with E-state index >= 15 is 0 Å². The number of ether oxygens (including phenoxy) is 1. The number of nitrogens with zero attached hydrogens (tertiary/aromatic N) is 2. The lowest BCUT2D eigenvalue weighted by Crippen LogP contribution is -2.60. The third-order valence-corrected chi connectivity index (χ3v) is 5.80. The molecule has 2 amide bonds. The van der Waals surface area contributed by atoms with Crippen LogP contribution in [0.15, 0.2) is 24.4 Å². The van der Waals surface area contributed by atoms with Gasteiger partial charge in [-0.25, -0.2) is 4.79 Å². The van der Waals surface area contributed by atoms with Gasteiger partial charge in [-0.2, -0.15) is 0 Å². The number of aromatic amines is 1. The second-order valence-corrected chi connectivity index (χ2v) is 7.60. The van der Waals surface area contributed by atoms with Gasteiger partial charge in [-0.15, -0.1) is 0 Å². The molecule has 2 saturated heterocycles. The molecule has 3 unspecified atom stereocenters. The number of hydrogen-bond donors (Lipinski definition) is 2. The molecular weight excluding hydrogens is 352 g/mol. The van der Waals surface area contributed by atoms with E-state index in [2.05, 4.69) is 15.2 Å². The number of rotatable bonds is 4. The van der Waals surface area contributed by atoms with Crippen molar-refractivity contribution in [2.45, 2.75) is 25.0 Å².